The van der Waals surface area contributed by atoms with Gasteiger partial charge in [-0.1, -0.05) is 15.9 Å². The lowest BCUT2D eigenvalue weighted by molar-refractivity contribution is 0.134. The second-order valence-electron chi connectivity index (χ2n) is 3.44. The van der Waals surface area contributed by atoms with E-state index in [1.54, 1.807) is 12.1 Å². The molecule has 1 atom stereocenters. The molecule has 0 bridgehead atoms. The Kier molecular flexibility index (Phi) is 4.04. The van der Waals surface area contributed by atoms with E-state index in [1.165, 1.54) is 6.07 Å². The van der Waals surface area contributed by atoms with Crippen molar-refractivity contribution in [3.8, 4) is 0 Å². The quantitative estimate of drug-likeness (QED) is 0.902. The van der Waals surface area contributed by atoms with E-state index in [2.05, 4.69) is 15.9 Å². The predicted molar refractivity (Wildman–Crippen MR) is 57.6 cm³/mol. The fourth-order valence-corrected chi connectivity index (χ4v) is 1.59. The molecule has 78 valence electrons. The predicted octanol–water partition coefficient (Wildman–Crippen LogP) is 2.18. The number of nitrogens with zero attached hydrogens (tertiary/aromatic N) is 1. The zero-order valence-corrected chi connectivity index (χ0v) is 9.75. The van der Waals surface area contributed by atoms with Gasteiger partial charge in [-0.15, -0.1) is 0 Å². The third kappa shape index (κ3) is 3.04. The molecule has 0 fully saturated rings. The Bertz CT molecular complexity index is 317. The van der Waals surface area contributed by atoms with Gasteiger partial charge in [-0.2, -0.15) is 0 Å². The molecular weight excluding hydrogens is 249 g/mol. The minimum Gasteiger partial charge on any atom is -0.387 e. The minimum absolute atomic E-state index is 0.327. The summed E-state index contributed by atoms with van der Waals surface area (Å²) in [5.41, 5.74) is 0.327. The van der Waals surface area contributed by atoms with Gasteiger partial charge in [0.05, 0.1) is 6.10 Å². The van der Waals surface area contributed by atoms with Crippen molar-refractivity contribution in [2.75, 3.05) is 20.6 Å². The smallest absolute Gasteiger partial charge is 0.129 e. The Hall–Kier alpha value is -0.450. The van der Waals surface area contributed by atoms with E-state index in [0.717, 1.165) is 4.47 Å². The molecule has 0 saturated carbocycles. The molecule has 1 rings (SSSR count). The van der Waals surface area contributed by atoms with E-state index in [9.17, 15) is 9.50 Å². The van der Waals surface area contributed by atoms with Crippen molar-refractivity contribution in [3.05, 3.63) is 34.1 Å². The van der Waals surface area contributed by atoms with Crippen LogP contribution in [0.3, 0.4) is 0 Å². The molecule has 0 amide bonds. The van der Waals surface area contributed by atoms with Crippen LogP contribution in [0.4, 0.5) is 4.39 Å². The first-order valence-corrected chi connectivity index (χ1v) is 5.07. The Morgan fingerprint density at radius 1 is 1.50 bits per heavy atom. The average molecular weight is 262 g/mol. The van der Waals surface area contributed by atoms with Gasteiger partial charge in [-0.25, -0.2) is 4.39 Å². The van der Waals surface area contributed by atoms with E-state index < -0.39 is 6.10 Å². The second kappa shape index (κ2) is 4.87. The van der Waals surface area contributed by atoms with Crippen molar-refractivity contribution in [1.29, 1.82) is 0 Å². The topological polar surface area (TPSA) is 23.5 Å². The summed E-state index contributed by atoms with van der Waals surface area (Å²) >= 11 is 3.24. The molecule has 0 saturated heterocycles. The van der Waals surface area contributed by atoms with Gasteiger partial charge in [0.15, 0.2) is 0 Å². The van der Waals surface area contributed by atoms with Crippen LogP contribution in [0, 0.1) is 5.82 Å². The van der Waals surface area contributed by atoms with Crippen LogP contribution in [0.2, 0.25) is 0 Å². The third-order valence-electron chi connectivity index (χ3n) is 1.86. The molecule has 0 aliphatic carbocycles. The van der Waals surface area contributed by atoms with E-state index in [-0.39, 0.29) is 5.82 Å². The van der Waals surface area contributed by atoms with Crippen LogP contribution in [-0.2, 0) is 0 Å². The zero-order valence-electron chi connectivity index (χ0n) is 8.17. The van der Waals surface area contributed by atoms with Crippen molar-refractivity contribution in [3.63, 3.8) is 0 Å². The van der Waals surface area contributed by atoms with Crippen LogP contribution >= 0.6 is 15.9 Å². The molecule has 0 heterocycles. The van der Waals surface area contributed by atoms with Gasteiger partial charge in [0, 0.05) is 16.6 Å². The summed E-state index contributed by atoms with van der Waals surface area (Å²) in [6.45, 7) is 0.410. The van der Waals surface area contributed by atoms with Crippen LogP contribution in [0.5, 0.6) is 0 Å². The lowest BCUT2D eigenvalue weighted by atomic mass is 10.1. The molecule has 1 unspecified atom stereocenters. The van der Waals surface area contributed by atoms with Crippen molar-refractivity contribution in [1.82, 2.24) is 4.90 Å². The van der Waals surface area contributed by atoms with Gasteiger partial charge in [-0.3, -0.25) is 0 Å². The van der Waals surface area contributed by atoms with Gasteiger partial charge >= 0.3 is 0 Å². The maximum absolute atomic E-state index is 13.3. The number of halogens is 2. The number of aliphatic hydroxyl groups excluding tert-OH is 1. The Morgan fingerprint density at radius 3 is 2.71 bits per heavy atom. The first-order valence-electron chi connectivity index (χ1n) is 4.28. The SMILES string of the molecule is CN(C)CC(O)c1cc(Br)ccc1F. The minimum atomic E-state index is -0.789. The Morgan fingerprint density at radius 2 is 2.14 bits per heavy atom. The van der Waals surface area contributed by atoms with E-state index in [0.29, 0.717) is 12.1 Å². The second-order valence-corrected chi connectivity index (χ2v) is 4.36. The van der Waals surface area contributed by atoms with E-state index in [4.69, 9.17) is 0 Å². The highest BCUT2D eigenvalue weighted by Crippen LogP contribution is 2.21. The summed E-state index contributed by atoms with van der Waals surface area (Å²) in [4.78, 5) is 1.81. The molecule has 0 aliphatic rings. The summed E-state index contributed by atoms with van der Waals surface area (Å²) in [6.07, 6.45) is -0.789. The summed E-state index contributed by atoms with van der Waals surface area (Å²) < 4.78 is 14.0. The highest BCUT2D eigenvalue weighted by Gasteiger charge is 2.13. The fourth-order valence-electron chi connectivity index (χ4n) is 1.21. The summed E-state index contributed by atoms with van der Waals surface area (Å²) in [7, 11) is 3.66. The molecule has 1 aromatic carbocycles. The van der Waals surface area contributed by atoms with Crippen LogP contribution in [0.25, 0.3) is 0 Å². The highest BCUT2D eigenvalue weighted by atomic mass is 79.9. The van der Waals surface area contributed by atoms with Crippen LogP contribution in [0.15, 0.2) is 22.7 Å². The first kappa shape index (κ1) is 11.6. The van der Waals surface area contributed by atoms with Crippen molar-refractivity contribution in [2.24, 2.45) is 0 Å². The van der Waals surface area contributed by atoms with Crippen LogP contribution in [-0.4, -0.2) is 30.6 Å². The largest absolute Gasteiger partial charge is 0.387 e. The third-order valence-corrected chi connectivity index (χ3v) is 2.35. The molecule has 0 aromatic heterocycles. The zero-order chi connectivity index (χ0) is 10.7. The maximum atomic E-state index is 13.3. The van der Waals surface area contributed by atoms with Gasteiger partial charge in [-0.05, 0) is 32.3 Å². The van der Waals surface area contributed by atoms with Crippen molar-refractivity contribution in [2.45, 2.75) is 6.10 Å². The lowest BCUT2D eigenvalue weighted by Gasteiger charge is -2.16. The molecular formula is C10H13BrFNO. The fraction of sp³-hybridized carbons (Fsp3) is 0.400. The number of hydrogen-bond acceptors (Lipinski definition) is 2. The molecule has 1 N–H and O–H groups in total. The van der Waals surface area contributed by atoms with Gasteiger partial charge in [0.2, 0.25) is 0 Å². The standard InChI is InChI=1S/C10H13BrFNO/c1-13(2)6-10(14)8-5-7(11)3-4-9(8)12/h3-5,10,14H,6H2,1-2H3. The molecule has 0 radical (unpaired) electrons. The summed E-state index contributed by atoms with van der Waals surface area (Å²) in [5.74, 6) is -0.373. The Labute approximate surface area is 91.5 Å². The molecule has 14 heavy (non-hydrogen) atoms. The van der Waals surface area contributed by atoms with Gasteiger partial charge in [0.25, 0.3) is 0 Å². The molecule has 1 aromatic rings. The highest BCUT2D eigenvalue weighted by molar-refractivity contribution is 9.10. The van der Waals surface area contributed by atoms with E-state index >= 15 is 0 Å². The number of likely N-dealkylation sites (N-methyl/N-ethyl adjacent to an activating group) is 1. The molecule has 2 nitrogen and oxygen atoms in total. The van der Waals surface area contributed by atoms with Crippen molar-refractivity contribution < 1.29 is 9.50 Å². The normalized spacial score (nSPS) is 13.3. The number of rotatable bonds is 3. The first-order chi connectivity index (χ1) is 6.50. The monoisotopic (exact) mass is 261 g/mol. The summed E-state index contributed by atoms with van der Waals surface area (Å²) in [6, 6.07) is 4.56. The maximum Gasteiger partial charge on any atom is 0.129 e. The average Bonchev–Trinajstić information content (AvgIpc) is 2.08. The molecule has 0 aliphatic heterocycles. The van der Waals surface area contributed by atoms with Crippen LogP contribution in [0.1, 0.15) is 11.7 Å². The van der Waals surface area contributed by atoms with Gasteiger partial charge < -0.3 is 10.0 Å². The van der Waals surface area contributed by atoms with Crippen molar-refractivity contribution >= 4 is 15.9 Å². The molecule has 4 heteroatoms. The Balaban J connectivity index is 2.88. The molecule has 0 spiro atoms. The summed E-state index contributed by atoms with van der Waals surface area (Å²) in [5, 5.41) is 9.69. The van der Waals surface area contributed by atoms with Crippen LogP contribution < -0.4 is 0 Å². The number of aliphatic hydroxyl groups is 1. The van der Waals surface area contributed by atoms with Gasteiger partial charge in [0.1, 0.15) is 5.82 Å². The number of benzene rings is 1. The van der Waals surface area contributed by atoms with E-state index in [1.807, 2.05) is 19.0 Å². The lowest BCUT2D eigenvalue weighted by Crippen LogP contribution is -2.20. The number of hydrogen-bond donors (Lipinski definition) is 1.